The Labute approximate surface area is 129 Å². The summed E-state index contributed by atoms with van der Waals surface area (Å²) in [6.45, 7) is 8.96. The lowest BCUT2D eigenvalue weighted by molar-refractivity contribution is 0.481. The highest BCUT2D eigenvalue weighted by Crippen LogP contribution is 2.23. The van der Waals surface area contributed by atoms with Crippen molar-refractivity contribution in [3.8, 4) is 11.5 Å². The second-order valence-electron chi connectivity index (χ2n) is 6.59. The quantitative estimate of drug-likeness (QED) is 0.643. The third kappa shape index (κ3) is 5.26. The molecule has 0 N–H and O–H groups in total. The Morgan fingerprint density at radius 2 is 0.952 bits per heavy atom. The predicted octanol–water partition coefficient (Wildman–Crippen LogP) is 5.88. The topological polar surface area (TPSA) is 9.23 Å². The monoisotopic (exact) mass is 282 g/mol. The zero-order valence-corrected chi connectivity index (χ0v) is 13.6. The second-order valence-corrected chi connectivity index (χ2v) is 6.59. The fourth-order valence-corrected chi connectivity index (χ4v) is 2.47. The minimum atomic E-state index is 0.685. The summed E-state index contributed by atoms with van der Waals surface area (Å²) in [5, 5.41) is 0. The molecule has 2 aromatic rings. The van der Waals surface area contributed by atoms with Crippen molar-refractivity contribution < 1.29 is 4.74 Å². The van der Waals surface area contributed by atoms with Crippen molar-refractivity contribution in [2.75, 3.05) is 0 Å². The van der Waals surface area contributed by atoms with E-state index in [0.29, 0.717) is 11.8 Å². The lowest BCUT2D eigenvalue weighted by Gasteiger charge is -2.09. The van der Waals surface area contributed by atoms with E-state index in [-0.39, 0.29) is 0 Å². The van der Waals surface area contributed by atoms with Gasteiger partial charge in [-0.3, -0.25) is 0 Å². The third-order valence-corrected chi connectivity index (χ3v) is 3.37. The highest BCUT2D eigenvalue weighted by atomic mass is 16.5. The second kappa shape index (κ2) is 7.31. The average molecular weight is 282 g/mol. The van der Waals surface area contributed by atoms with Gasteiger partial charge in [0.05, 0.1) is 0 Å². The molecule has 1 heteroatoms. The lowest BCUT2D eigenvalue weighted by Crippen LogP contribution is -1.94. The molecule has 0 aliphatic rings. The van der Waals surface area contributed by atoms with Crippen LogP contribution in [0.1, 0.15) is 38.8 Å². The Morgan fingerprint density at radius 3 is 1.24 bits per heavy atom. The van der Waals surface area contributed by atoms with Crippen LogP contribution in [0, 0.1) is 11.8 Å². The van der Waals surface area contributed by atoms with Crippen LogP contribution in [-0.2, 0) is 12.8 Å². The summed E-state index contributed by atoms with van der Waals surface area (Å²) in [6.07, 6.45) is 2.23. The Bertz CT molecular complexity index is 484. The van der Waals surface area contributed by atoms with E-state index in [1.54, 1.807) is 0 Å². The van der Waals surface area contributed by atoms with Gasteiger partial charge in [-0.2, -0.15) is 0 Å². The Hall–Kier alpha value is -1.76. The van der Waals surface area contributed by atoms with Crippen LogP contribution in [0.25, 0.3) is 0 Å². The van der Waals surface area contributed by atoms with E-state index in [1.165, 1.54) is 11.1 Å². The Kier molecular flexibility index (Phi) is 5.44. The summed E-state index contributed by atoms with van der Waals surface area (Å²) in [6, 6.07) is 16.8. The molecule has 0 saturated carbocycles. The summed E-state index contributed by atoms with van der Waals surface area (Å²) in [7, 11) is 0. The molecule has 0 spiro atoms. The molecular formula is C20H26O. The first kappa shape index (κ1) is 15.6. The maximum atomic E-state index is 5.90. The van der Waals surface area contributed by atoms with Crippen LogP contribution in [0.4, 0.5) is 0 Å². The van der Waals surface area contributed by atoms with E-state index in [2.05, 4.69) is 76.2 Å². The summed E-state index contributed by atoms with van der Waals surface area (Å²) in [4.78, 5) is 0. The minimum Gasteiger partial charge on any atom is -0.457 e. The fourth-order valence-electron chi connectivity index (χ4n) is 2.47. The fraction of sp³-hybridized carbons (Fsp3) is 0.400. The minimum absolute atomic E-state index is 0.685. The molecule has 0 fully saturated rings. The number of hydrogen-bond donors (Lipinski definition) is 0. The van der Waals surface area contributed by atoms with E-state index < -0.39 is 0 Å². The number of hydrogen-bond acceptors (Lipinski definition) is 1. The SMILES string of the molecule is CC(C)Cc1ccc(Oc2ccc(CC(C)C)cc2)cc1. The first-order valence-electron chi connectivity index (χ1n) is 7.88. The molecule has 21 heavy (non-hydrogen) atoms. The van der Waals surface area contributed by atoms with Crippen LogP contribution in [0.2, 0.25) is 0 Å². The molecule has 0 saturated heterocycles. The van der Waals surface area contributed by atoms with Crippen LogP contribution in [-0.4, -0.2) is 0 Å². The van der Waals surface area contributed by atoms with Crippen LogP contribution >= 0.6 is 0 Å². The summed E-state index contributed by atoms with van der Waals surface area (Å²) in [5.74, 6) is 3.17. The maximum absolute atomic E-state index is 5.90. The molecule has 0 aliphatic heterocycles. The zero-order valence-electron chi connectivity index (χ0n) is 13.6. The molecule has 0 amide bonds. The van der Waals surface area contributed by atoms with Gasteiger partial charge in [0, 0.05) is 0 Å². The lowest BCUT2D eigenvalue weighted by atomic mass is 10.0. The molecule has 0 aromatic heterocycles. The van der Waals surface area contributed by atoms with Crippen LogP contribution in [0.3, 0.4) is 0 Å². The van der Waals surface area contributed by atoms with Gasteiger partial charge in [0.1, 0.15) is 11.5 Å². The van der Waals surface area contributed by atoms with Gasteiger partial charge in [-0.1, -0.05) is 52.0 Å². The van der Waals surface area contributed by atoms with E-state index in [4.69, 9.17) is 4.74 Å². The zero-order chi connectivity index (χ0) is 15.2. The molecule has 0 heterocycles. The molecule has 2 rings (SSSR count). The van der Waals surface area contributed by atoms with Crippen molar-refractivity contribution in [2.45, 2.75) is 40.5 Å². The Morgan fingerprint density at radius 1 is 0.619 bits per heavy atom. The van der Waals surface area contributed by atoms with Gasteiger partial charge < -0.3 is 4.74 Å². The summed E-state index contributed by atoms with van der Waals surface area (Å²) in [5.41, 5.74) is 2.73. The van der Waals surface area contributed by atoms with Gasteiger partial charge >= 0.3 is 0 Å². The van der Waals surface area contributed by atoms with Gasteiger partial charge in [-0.05, 0) is 60.1 Å². The van der Waals surface area contributed by atoms with Crippen molar-refractivity contribution in [1.29, 1.82) is 0 Å². The van der Waals surface area contributed by atoms with E-state index in [0.717, 1.165) is 24.3 Å². The molecule has 0 radical (unpaired) electrons. The van der Waals surface area contributed by atoms with Crippen molar-refractivity contribution in [2.24, 2.45) is 11.8 Å². The highest BCUT2D eigenvalue weighted by Gasteiger charge is 2.02. The molecule has 0 unspecified atom stereocenters. The largest absolute Gasteiger partial charge is 0.457 e. The van der Waals surface area contributed by atoms with Crippen molar-refractivity contribution in [3.63, 3.8) is 0 Å². The average Bonchev–Trinajstić information content (AvgIpc) is 2.42. The van der Waals surface area contributed by atoms with Crippen molar-refractivity contribution in [1.82, 2.24) is 0 Å². The van der Waals surface area contributed by atoms with Crippen LogP contribution in [0.5, 0.6) is 11.5 Å². The van der Waals surface area contributed by atoms with Gasteiger partial charge in [0.15, 0.2) is 0 Å². The summed E-state index contributed by atoms with van der Waals surface area (Å²) >= 11 is 0. The van der Waals surface area contributed by atoms with Crippen LogP contribution in [0.15, 0.2) is 48.5 Å². The first-order chi connectivity index (χ1) is 10.0. The maximum Gasteiger partial charge on any atom is 0.127 e. The van der Waals surface area contributed by atoms with Gasteiger partial charge in [0.25, 0.3) is 0 Å². The molecule has 0 bridgehead atoms. The molecule has 0 aliphatic carbocycles. The normalized spacial score (nSPS) is 11.1. The Balaban J connectivity index is 1.97. The van der Waals surface area contributed by atoms with E-state index in [9.17, 15) is 0 Å². The highest BCUT2D eigenvalue weighted by molar-refractivity contribution is 5.34. The van der Waals surface area contributed by atoms with Crippen LogP contribution < -0.4 is 4.74 Å². The predicted molar refractivity (Wildman–Crippen MR) is 90.0 cm³/mol. The smallest absolute Gasteiger partial charge is 0.127 e. The van der Waals surface area contributed by atoms with E-state index in [1.807, 2.05) is 0 Å². The van der Waals surface area contributed by atoms with Crippen molar-refractivity contribution >= 4 is 0 Å². The standard InChI is InChI=1S/C20H26O/c1-15(2)13-17-5-9-19(10-6-17)21-20-11-7-18(8-12-20)14-16(3)4/h5-12,15-16H,13-14H2,1-4H3. The van der Waals surface area contributed by atoms with Gasteiger partial charge in [0.2, 0.25) is 0 Å². The molecule has 112 valence electrons. The summed E-state index contributed by atoms with van der Waals surface area (Å²) < 4.78 is 5.90. The first-order valence-corrected chi connectivity index (χ1v) is 7.88. The van der Waals surface area contributed by atoms with Crippen molar-refractivity contribution in [3.05, 3.63) is 59.7 Å². The van der Waals surface area contributed by atoms with E-state index >= 15 is 0 Å². The molecule has 0 atom stereocenters. The number of rotatable bonds is 6. The van der Waals surface area contributed by atoms with Gasteiger partial charge in [-0.15, -0.1) is 0 Å². The molecular weight excluding hydrogens is 256 g/mol. The van der Waals surface area contributed by atoms with Gasteiger partial charge in [-0.25, -0.2) is 0 Å². The molecule has 1 nitrogen and oxygen atoms in total. The molecule has 2 aromatic carbocycles. The number of benzene rings is 2. The third-order valence-electron chi connectivity index (χ3n) is 3.37. The number of ether oxygens (including phenoxy) is 1.